The van der Waals surface area contributed by atoms with Crippen LogP contribution < -0.4 is 5.32 Å². The molecular weight excluding hydrogens is 250 g/mol. The van der Waals surface area contributed by atoms with E-state index in [2.05, 4.69) is 12.2 Å². The third-order valence-corrected chi connectivity index (χ3v) is 6.09. The minimum absolute atomic E-state index is 0.207. The van der Waals surface area contributed by atoms with Crippen molar-refractivity contribution in [2.45, 2.75) is 88.4 Å². The van der Waals surface area contributed by atoms with Crippen LogP contribution in [0.15, 0.2) is 0 Å². The lowest BCUT2D eigenvalue weighted by Gasteiger charge is -2.48. The number of aliphatic hydroxyl groups is 1. The maximum absolute atomic E-state index is 10.7. The minimum atomic E-state index is -0.448. The smallest absolute Gasteiger partial charge is 0.0771 e. The van der Waals surface area contributed by atoms with Gasteiger partial charge in [0.05, 0.1) is 11.2 Å². The molecule has 3 fully saturated rings. The molecule has 1 heterocycles. The van der Waals surface area contributed by atoms with Crippen molar-refractivity contribution >= 4 is 0 Å². The van der Waals surface area contributed by atoms with Crippen molar-refractivity contribution in [1.82, 2.24) is 5.32 Å². The Bertz CT molecular complexity index is 319. The number of ether oxygens (including phenoxy) is 1. The van der Waals surface area contributed by atoms with Crippen LogP contribution in [0, 0.1) is 5.92 Å². The van der Waals surface area contributed by atoms with Crippen LogP contribution in [0.5, 0.6) is 0 Å². The highest BCUT2D eigenvalue weighted by Gasteiger charge is 2.43. The lowest BCUT2D eigenvalue weighted by Crippen LogP contribution is -2.54. The summed E-state index contributed by atoms with van der Waals surface area (Å²) in [5.41, 5.74) is -0.241. The Morgan fingerprint density at radius 2 is 1.90 bits per heavy atom. The molecule has 1 spiro atoms. The van der Waals surface area contributed by atoms with E-state index >= 15 is 0 Å². The molecule has 1 saturated heterocycles. The van der Waals surface area contributed by atoms with Crippen molar-refractivity contribution in [3.8, 4) is 0 Å². The van der Waals surface area contributed by atoms with E-state index in [-0.39, 0.29) is 5.60 Å². The maximum atomic E-state index is 10.7. The highest BCUT2D eigenvalue weighted by Crippen LogP contribution is 2.42. The molecule has 0 bridgehead atoms. The Morgan fingerprint density at radius 3 is 2.50 bits per heavy atom. The maximum Gasteiger partial charge on any atom is 0.0771 e. The van der Waals surface area contributed by atoms with Gasteiger partial charge in [0.1, 0.15) is 0 Å². The van der Waals surface area contributed by atoms with E-state index in [1.54, 1.807) is 0 Å². The van der Waals surface area contributed by atoms with Crippen LogP contribution in [-0.4, -0.2) is 35.5 Å². The van der Waals surface area contributed by atoms with Crippen molar-refractivity contribution < 1.29 is 9.84 Å². The fraction of sp³-hybridized carbons (Fsp3) is 1.00. The van der Waals surface area contributed by atoms with Gasteiger partial charge in [0.2, 0.25) is 0 Å². The predicted octanol–water partition coefficient (Wildman–Crippen LogP) is 3.01. The Hall–Kier alpha value is -0.120. The van der Waals surface area contributed by atoms with E-state index in [0.29, 0.717) is 6.04 Å². The lowest BCUT2D eigenvalue weighted by atomic mass is 9.73. The standard InChI is InChI=1S/C17H31NO2/c1-2-14-4-9-16(19,10-5-14)13-18-15-6-11-20-17(12-15)7-3-8-17/h14-15,18-19H,2-13H2,1H3. The topological polar surface area (TPSA) is 41.5 Å². The zero-order valence-electron chi connectivity index (χ0n) is 13.0. The first-order chi connectivity index (χ1) is 9.63. The van der Waals surface area contributed by atoms with Crippen LogP contribution >= 0.6 is 0 Å². The second-order valence-electron chi connectivity index (χ2n) is 7.53. The quantitative estimate of drug-likeness (QED) is 0.832. The number of hydrogen-bond acceptors (Lipinski definition) is 3. The molecule has 1 unspecified atom stereocenters. The fourth-order valence-electron chi connectivity index (χ4n) is 4.26. The molecule has 0 amide bonds. The lowest BCUT2D eigenvalue weighted by molar-refractivity contribution is -0.137. The first kappa shape index (κ1) is 14.8. The monoisotopic (exact) mass is 281 g/mol. The molecule has 2 N–H and O–H groups in total. The van der Waals surface area contributed by atoms with E-state index < -0.39 is 5.60 Å². The summed E-state index contributed by atoms with van der Waals surface area (Å²) in [4.78, 5) is 0. The van der Waals surface area contributed by atoms with Gasteiger partial charge in [-0.1, -0.05) is 13.3 Å². The molecule has 3 heteroatoms. The van der Waals surface area contributed by atoms with E-state index in [4.69, 9.17) is 4.74 Å². The second-order valence-corrected chi connectivity index (χ2v) is 7.53. The Labute approximate surface area is 123 Å². The molecule has 1 atom stereocenters. The first-order valence-corrected chi connectivity index (χ1v) is 8.73. The van der Waals surface area contributed by atoms with Gasteiger partial charge in [0.15, 0.2) is 0 Å². The summed E-state index contributed by atoms with van der Waals surface area (Å²) in [6.07, 6.45) is 11.7. The zero-order chi connectivity index (χ0) is 14.1. The van der Waals surface area contributed by atoms with Gasteiger partial charge in [-0.15, -0.1) is 0 Å². The average molecular weight is 281 g/mol. The van der Waals surface area contributed by atoms with Crippen molar-refractivity contribution in [3.63, 3.8) is 0 Å². The Balaban J connectivity index is 1.44. The second kappa shape index (κ2) is 5.94. The van der Waals surface area contributed by atoms with E-state index in [0.717, 1.165) is 44.8 Å². The van der Waals surface area contributed by atoms with Gasteiger partial charge in [-0.2, -0.15) is 0 Å². The third-order valence-electron chi connectivity index (χ3n) is 6.09. The van der Waals surface area contributed by atoms with Crippen LogP contribution in [0.4, 0.5) is 0 Å². The summed E-state index contributed by atoms with van der Waals surface area (Å²) in [6.45, 7) is 3.95. The van der Waals surface area contributed by atoms with E-state index in [1.807, 2.05) is 0 Å². The summed E-state index contributed by atoms with van der Waals surface area (Å²) in [5.74, 6) is 0.844. The van der Waals surface area contributed by atoms with Crippen molar-refractivity contribution in [2.24, 2.45) is 5.92 Å². The molecule has 2 aliphatic carbocycles. The van der Waals surface area contributed by atoms with Gasteiger partial charge in [-0.25, -0.2) is 0 Å². The Kier molecular flexibility index (Phi) is 4.40. The number of hydrogen-bond donors (Lipinski definition) is 2. The van der Waals surface area contributed by atoms with E-state index in [1.165, 1.54) is 38.5 Å². The summed E-state index contributed by atoms with van der Waals surface area (Å²) in [6, 6.07) is 0.553. The third kappa shape index (κ3) is 3.20. The molecule has 0 aromatic carbocycles. The first-order valence-electron chi connectivity index (χ1n) is 8.73. The van der Waals surface area contributed by atoms with Crippen molar-refractivity contribution in [3.05, 3.63) is 0 Å². The van der Waals surface area contributed by atoms with Gasteiger partial charge in [0.25, 0.3) is 0 Å². The summed E-state index contributed by atoms with van der Waals surface area (Å²) in [5, 5.41) is 14.4. The SMILES string of the molecule is CCC1CCC(O)(CNC2CCOC3(CCC3)C2)CC1. The molecular formula is C17H31NO2. The van der Waals surface area contributed by atoms with Gasteiger partial charge in [-0.3, -0.25) is 0 Å². The van der Waals surface area contributed by atoms with Gasteiger partial charge < -0.3 is 15.2 Å². The highest BCUT2D eigenvalue weighted by atomic mass is 16.5. The predicted molar refractivity (Wildman–Crippen MR) is 80.8 cm³/mol. The van der Waals surface area contributed by atoms with Crippen LogP contribution in [0.3, 0.4) is 0 Å². The zero-order valence-corrected chi connectivity index (χ0v) is 13.0. The summed E-state index contributed by atoms with van der Waals surface area (Å²) >= 11 is 0. The molecule has 3 nitrogen and oxygen atoms in total. The highest BCUT2D eigenvalue weighted by molar-refractivity contribution is 4.97. The Morgan fingerprint density at radius 1 is 1.15 bits per heavy atom. The minimum Gasteiger partial charge on any atom is -0.389 e. The average Bonchev–Trinajstić information content (AvgIpc) is 2.45. The van der Waals surface area contributed by atoms with Gasteiger partial charge >= 0.3 is 0 Å². The molecule has 0 radical (unpaired) electrons. The van der Waals surface area contributed by atoms with Gasteiger partial charge in [-0.05, 0) is 63.7 Å². The van der Waals surface area contributed by atoms with Crippen LogP contribution in [-0.2, 0) is 4.74 Å². The molecule has 1 aliphatic heterocycles. The molecule has 3 aliphatic rings. The van der Waals surface area contributed by atoms with Crippen LogP contribution in [0.25, 0.3) is 0 Å². The normalized spacial score (nSPS) is 40.5. The molecule has 0 aromatic heterocycles. The number of nitrogens with one attached hydrogen (secondary N) is 1. The molecule has 0 aromatic rings. The number of rotatable bonds is 4. The van der Waals surface area contributed by atoms with Crippen LogP contribution in [0.1, 0.15) is 71.1 Å². The summed E-state index contributed by atoms with van der Waals surface area (Å²) in [7, 11) is 0. The summed E-state index contributed by atoms with van der Waals surface area (Å²) < 4.78 is 5.97. The molecule has 116 valence electrons. The fourth-order valence-corrected chi connectivity index (χ4v) is 4.26. The molecule has 2 saturated carbocycles. The molecule has 20 heavy (non-hydrogen) atoms. The van der Waals surface area contributed by atoms with Crippen LogP contribution in [0.2, 0.25) is 0 Å². The largest absolute Gasteiger partial charge is 0.389 e. The van der Waals surface area contributed by atoms with Crippen molar-refractivity contribution in [2.75, 3.05) is 13.2 Å². The molecule has 3 rings (SSSR count). The van der Waals surface area contributed by atoms with E-state index in [9.17, 15) is 5.11 Å². The van der Waals surface area contributed by atoms with Gasteiger partial charge in [0, 0.05) is 19.2 Å². The van der Waals surface area contributed by atoms with Crippen molar-refractivity contribution in [1.29, 1.82) is 0 Å².